The van der Waals surface area contributed by atoms with E-state index < -0.39 is 27.8 Å². The fourth-order valence-electron chi connectivity index (χ4n) is 5.17. The van der Waals surface area contributed by atoms with Crippen molar-refractivity contribution in [2.24, 2.45) is 0 Å². The van der Waals surface area contributed by atoms with Gasteiger partial charge < -0.3 is 18.8 Å². The van der Waals surface area contributed by atoms with Gasteiger partial charge in [-0.05, 0) is 48.7 Å². The quantitative estimate of drug-likeness (QED) is 0.376. The second-order valence-electron chi connectivity index (χ2n) is 9.45. The van der Waals surface area contributed by atoms with Crippen LogP contribution in [0.1, 0.15) is 60.3 Å². The first kappa shape index (κ1) is 25.6. The number of hydrogen-bond acceptors (Lipinski definition) is 7. The van der Waals surface area contributed by atoms with Gasteiger partial charge in [-0.25, -0.2) is 8.42 Å². The number of rotatable bonds is 8. The van der Waals surface area contributed by atoms with Crippen molar-refractivity contribution in [1.82, 2.24) is 4.90 Å². The Morgan fingerprint density at radius 2 is 1.92 bits per heavy atom. The molecule has 37 heavy (non-hydrogen) atoms. The van der Waals surface area contributed by atoms with Crippen molar-refractivity contribution >= 4 is 38.3 Å². The predicted octanol–water partition coefficient (Wildman–Crippen LogP) is 4.76. The number of carbonyl (C=O) groups excluding carboxylic acids is 1. The molecule has 0 spiro atoms. The summed E-state index contributed by atoms with van der Waals surface area (Å²) in [4.78, 5) is 28.9. The SMILES string of the molecule is CCCCCOc1ccc(C2c3c(oc4ccc(Cl)cc4c3=O)C(=O)N2C2CCS(=O)(=O)C2)cc1OC. The Labute approximate surface area is 220 Å². The summed E-state index contributed by atoms with van der Waals surface area (Å²) in [6, 6.07) is 8.49. The van der Waals surface area contributed by atoms with E-state index in [1.807, 2.05) is 0 Å². The third-order valence-electron chi connectivity index (χ3n) is 6.98. The Hall–Kier alpha value is -3.04. The summed E-state index contributed by atoms with van der Waals surface area (Å²) in [5.41, 5.74) is 0.638. The monoisotopic (exact) mass is 545 g/mol. The number of unbranched alkanes of at least 4 members (excludes halogenated alkanes) is 2. The summed E-state index contributed by atoms with van der Waals surface area (Å²) in [5, 5.41) is 0.624. The molecule has 0 bridgehead atoms. The summed E-state index contributed by atoms with van der Waals surface area (Å²) in [7, 11) is -1.78. The van der Waals surface area contributed by atoms with E-state index in [-0.39, 0.29) is 45.6 Å². The molecule has 1 saturated heterocycles. The highest BCUT2D eigenvalue weighted by Gasteiger charge is 2.48. The van der Waals surface area contributed by atoms with Crippen molar-refractivity contribution in [2.45, 2.75) is 44.7 Å². The van der Waals surface area contributed by atoms with Crippen molar-refractivity contribution in [3.8, 4) is 11.5 Å². The molecule has 1 fully saturated rings. The summed E-state index contributed by atoms with van der Waals surface area (Å²) in [6.45, 7) is 2.65. The Bertz CT molecular complexity index is 1530. The van der Waals surface area contributed by atoms with Gasteiger partial charge >= 0.3 is 0 Å². The highest BCUT2D eigenvalue weighted by molar-refractivity contribution is 7.91. The molecule has 5 rings (SSSR count). The number of nitrogens with zero attached hydrogens (tertiary/aromatic N) is 1. The molecule has 2 unspecified atom stereocenters. The zero-order valence-electron chi connectivity index (χ0n) is 20.7. The van der Waals surface area contributed by atoms with Gasteiger partial charge in [0.15, 0.2) is 26.8 Å². The van der Waals surface area contributed by atoms with Gasteiger partial charge in [0.1, 0.15) is 5.58 Å². The number of sulfone groups is 1. The molecule has 2 aliphatic heterocycles. The minimum absolute atomic E-state index is 0.0165. The molecule has 0 radical (unpaired) electrons. The lowest BCUT2D eigenvalue weighted by atomic mass is 9.97. The van der Waals surface area contributed by atoms with Gasteiger partial charge in [-0.15, -0.1) is 0 Å². The van der Waals surface area contributed by atoms with Crippen molar-refractivity contribution in [2.75, 3.05) is 25.2 Å². The molecule has 2 aromatic carbocycles. The molecular weight excluding hydrogens is 518 g/mol. The van der Waals surface area contributed by atoms with Crippen LogP contribution in [0, 0.1) is 0 Å². The third kappa shape index (κ3) is 4.70. The molecule has 2 atom stereocenters. The smallest absolute Gasteiger partial charge is 0.291 e. The number of hydrogen-bond donors (Lipinski definition) is 0. The third-order valence-corrected chi connectivity index (χ3v) is 8.96. The van der Waals surface area contributed by atoms with Crippen LogP contribution in [-0.4, -0.2) is 50.5 Å². The molecule has 3 aromatic rings. The van der Waals surface area contributed by atoms with E-state index in [0.717, 1.165) is 19.3 Å². The van der Waals surface area contributed by atoms with Gasteiger partial charge in [0.25, 0.3) is 5.91 Å². The zero-order chi connectivity index (χ0) is 26.3. The molecule has 0 aliphatic carbocycles. The van der Waals surface area contributed by atoms with E-state index in [4.69, 9.17) is 25.5 Å². The first-order valence-electron chi connectivity index (χ1n) is 12.3. The summed E-state index contributed by atoms with van der Waals surface area (Å²) < 4.78 is 42.1. The van der Waals surface area contributed by atoms with Crippen LogP contribution in [0.15, 0.2) is 45.6 Å². The molecule has 3 heterocycles. The molecule has 1 amide bonds. The van der Waals surface area contributed by atoms with Gasteiger partial charge in [-0.2, -0.15) is 0 Å². The molecule has 0 saturated carbocycles. The van der Waals surface area contributed by atoms with E-state index in [0.29, 0.717) is 28.7 Å². The number of methoxy groups -OCH3 is 1. The Morgan fingerprint density at radius 1 is 1.11 bits per heavy atom. The fourth-order valence-corrected chi connectivity index (χ4v) is 7.05. The minimum atomic E-state index is -3.30. The van der Waals surface area contributed by atoms with E-state index in [2.05, 4.69) is 6.92 Å². The molecule has 10 heteroatoms. The molecular formula is C27H28ClNO7S. The Balaban J connectivity index is 1.64. The summed E-state index contributed by atoms with van der Waals surface area (Å²) in [6.07, 6.45) is 3.32. The second kappa shape index (κ2) is 10.0. The van der Waals surface area contributed by atoms with Gasteiger partial charge in [0.05, 0.1) is 42.2 Å². The van der Waals surface area contributed by atoms with Crippen molar-refractivity contribution in [3.05, 3.63) is 68.5 Å². The average Bonchev–Trinajstić information content (AvgIpc) is 3.38. The number of carbonyl (C=O) groups is 1. The minimum Gasteiger partial charge on any atom is -0.493 e. The molecule has 8 nitrogen and oxygen atoms in total. The maximum atomic E-state index is 13.7. The Kier molecular flexibility index (Phi) is 6.93. The van der Waals surface area contributed by atoms with Crippen LogP contribution >= 0.6 is 11.6 Å². The number of benzene rings is 2. The second-order valence-corrected chi connectivity index (χ2v) is 12.1. The first-order valence-corrected chi connectivity index (χ1v) is 14.5. The largest absolute Gasteiger partial charge is 0.493 e. The Morgan fingerprint density at radius 3 is 2.62 bits per heavy atom. The van der Waals surface area contributed by atoms with Gasteiger partial charge in [-0.3, -0.25) is 9.59 Å². The van der Waals surface area contributed by atoms with Crippen LogP contribution in [0.2, 0.25) is 5.02 Å². The van der Waals surface area contributed by atoms with Crippen LogP contribution in [0.4, 0.5) is 0 Å². The van der Waals surface area contributed by atoms with Crippen LogP contribution in [0.3, 0.4) is 0 Å². The summed E-state index contributed by atoms with van der Waals surface area (Å²) >= 11 is 6.15. The van der Waals surface area contributed by atoms with Crippen LogP contribution in [0.25, 0.3) is 11.0 Å². The van der Waals surface area contributed by atoms with Gasteiger partial charge in [-0.1, -0.05) is 37.4 Å². The zero-order valence-corrected chi connectivity index (χ0v) is 22.2. The van der Waals surface area contributed by atoms with E-state index in [1.54, 1.807) is 30.3 Å². The molecule has 196 valence electrons. The number of halogens is 1. The molecule has 2 aliphatic rings. The lowest BCUT2D eigenvalue weighted by Crippen LogP contribution is -2.40. The van der Waals surface area contributed by atoms with Crippen LogP contribution in [-0.2, 0) is 9.84 Å². The van der Waals surface area contributed by atoms with Crippen LogP contribution < -0.4 is 14.9 Å². The average molecular weight is 546 g/mol. The maximum Gasteiger partial charge on any atom is 0.291 e. The van der Waals surface area contributed by atoms with E-state index >= 15 is 0 Å². The fraction of sp³-hybridized carbons (Fsp3) is 0.407. The highest BCUT2D eigenvalue weighted by atomic mass is 35.5. The number of amides is 1. The van der Waals surface area contributed by atoms with E-state index in [9.17, 15) is 18.0 Å². The van der Waals surface area contributed by atoms with E-state index in [1.165, 1.54) is 18.1 Å². The lowest BCUT2D eigenvalue weighted by Gasteiger charge is -2.30. The normalized spacial score (nSPS) is 20.4. The molecule has 0 N–H and O–H groups in total. The first-order chi connectivity index (χ1) is 17.7. The van der Waals surface area contributed by atoms with Crippen LogP contribution in [0.5, 0.6) is 11.5 Å². The van der Waals surface area contributed by atoms with Gasteiger partial charge in [0.2, 0.25) is 5.76 Å². The number of ether oxygens (including phenoxy) is 2. The van der Waals surface area contributed by atoms with Gasteiger partial charge in [0, 0.05) is 11.1 Å². The molecule has 1 aromatic heterocycles. The lowest BCUT2D eigenvalue weighted by molar-refractivity contribution is 0.0662. The summed E-state index contributed by atoms with van der Waals surface area (Å²) in [5.74, 6) is 0.250. The van der Waals surface area contributed by atoms with Crippen molar-refractivity contribution in [1.29, 1.82) is 0 Å². The van der Waals surface area contributed by atoms with Crippen molar-refractivity contribution < 1.29 is 27.1 Å². The predicted molar refractivity (Wildman–Crippen MR) is 141 cm³/mol. The number of fused-ring (bicyclic) bond motifs is 2. The topological polar surface area (TPSA) is 103 Å². The maximum absolute atomic E-state index is 13.7. The highest BCUT2D eigenvalue weighted by Crippen LogP contribution is 2.43. The standard InChI is InChI=1S/C27H28ClNO7S/c1-3-4-5-11-35-21-8-6-16(13-22(21)34-2)24-23-25(30)19-14-17(28)7-9-20(19)36-26(23)27(31)29(24)18-10-12-37(32,33)15-18/h6-9,13-14,18,24H,3-5,10-12,15H2,1-2H3. The van der Waals surface area contributed by atoms with Crippen molar-refractivity contribution in [3.63, 3.8) is 0 Å².